The first-order valence-electron chi connectivity index (χ1n) is 6.96. The molecule has 0 bridgehead atoms. The van der Waals surface area contributed by atoms with Crippen LogP contribution in [0.25, 0.3) is 0 Å². The molecule has 0 unspecified atom stereocenters. The summed E-state index contributed by atoms with van der Waals surface area (Å²) in [5.41, 5.74) is -1.25. The Morgan fingerprint density at radius 2 is 1.65 bits per heavy atom. The van der Waals surface area contributed by atoms with Gasteiger partial charge < -0.3 is 4.90 Å². The molecule has 1 rings (SSSR count). The van der Waals surface area contributed by atoms with Gasteiger partial charge in [-0.2, -0.15) is 17.5 Å². The number of carbonyl (C=O) groups excluding carboxylic acids is 1. The minimum atomic E-state index is -4.80. The van der Waals surface area contributed by atoms with Gasteiger partial charge in [0.2, 0.25) is 15.9 Å². The third kappa shape index (κ3) is 4.44. The summed E-state index contributed by atoms with van der Waals surface area (Å²) in [5.74, 6) is -0.467. The highest BCUT2D eigenvalue weighted by Crippen LogP contribution is 2.34. The first kappa shape index (κ1) is 19.4. The number of nitrogens with zero attached hydrogens (tertiary/aromatic N) is 2. The van der Waals surface area contributed by atoms with Crippen molar-refractivity contribution >= 4 is 15.9 Å². The van der Waals surface area contributed by atoms with E-state index >= 15 is 0 Å². The Morgan fingerprint density at radius 1 is 1.13 bits per heavy atom. The summed E-state index contributed by atoms with van der Waals surface area (Å²) in [6.45, 7) is 3.73. The van der Waals surface area contributed by atoms with E-state index in [4.69, 9.17) is 0 Å². The van der Waals surface area contributed by atoms with Crippen molar-refractivity contribution in [1.82, 2.24) is 9.21 Å². The van der Waals surface area contributed by atoms with Gasteiger partial charge in [0, 0.05) is 20.1 Å². The van der Waals surface area contributed by atoms with Crippen LogP contribution in [0.2, 0.25) is 0 Å². The maximum atomic E-state index is 13.0. The molecule has 0 aromatic heterocycles. The third-order valence-corrected chi connectivity index (χ3v) is 5.22. The Bertz CT molecular complexity index is 655. The van der Waals surface area contributed by atoms with Crippen LogP contribution in [-0.4, -0.2) is 50.2 Å². The summed E-state index contributed by atoms with van der Waals surface area (Å²) in [6.07, 6.45) is -4.80. The van der Waals surface area contributed by atoms with Crippen molar-refractivity contribution in [2.75, 3.05) is 26.7 Å². The van der Waals surface area contributed by atoms with Gasteiger partial charge in [0.25, 0.3) is 0 Å². The smallest absolute Gasteiger partial charge is 0.342 e. The largest absolute Gasteiger partial charge is 0.417 e. The average Bonchev–Trinajstić information content (AvgIpc) is 2.47. The normalized spacial score (nSPS) is 12.5. The van der Waals surface area contributed by atoms with Crippen LogP contribution in [0.15, 0.2) is 29.2 Å². The molecule has 0 spiro atoms. The molecule has 0 aliphatic rings. The molecule has 23 heavy (non-hydrogen) atoms. The Balaban J connectivity index is 3.15. The van der Waals surface area contributed by atoms with Crippen LogP contribution < -0.4 is 0 Å². The summed E-state index contributed by atoms with van der Waals surface area (Å²) in [4.78, 5) is 12.5. The molecule has 9 heteroatoms. The minimum Gasteiger partial charge on any atom is -0.342 e. The molecule has 0 radical (unpaired) electrons. The predicted molar refractivity (Wildman–Crippen MR) is 79.2 cm³/mol. The van der Waals surface area contributed by atoms with Gasteiger partial charge in [-0.25, -0.2) is 8.42 Å². The lowest BCUT2D eigenvalue weighted by molar-refractivity contribution is -0.139. The molecule has 0 atom stereocenters. The fourth-order valence-electron chi connectivity index (χ4n) is 2.05. The lowest BCUT2D eigenvalue weighted by atomic mass is 10.2. The van der Waals surface area contributed by atoms with E-state index in [9.17, 15) is 26.4 Å². The molecule has 0 heterocycles. The summed E-state index contributed by atoms with van der Waals surface area (Å²) in [6, 6.07) is 3.91. The molecule has 0 N–H and O–H groups in total. The Hall–Kier alpha value is -1.61. The van der Waals surface area contributed by atoms with Crippen LogP contribution in [0.5, 0.6) is 0 Å². The molecule has 1 amide bonds. The molecule has 1 aromatic rings. The predicted octanol–water partition coefficient (Wildman–Crippen LogP) is 2.19. The van der Waals surface area contributed by atoms with E-state index in [0.29, 0.717) is 23.5 Å². The number of benzene rings is 1. The Labute approximate surface area is 133 Å². The van der Waals surface area contributed by atoms with Crippen molar-refractivity contribution in [3.05, 3.63) is 29.8 Å². The molecule has 0 aliphatic carbocycles. The van der Waals surface area contributed by atoms with E-state index in [-0.39, 0.29) is 0 Å². The zero-order chi connectivity index (χ0) is 17.8. The molecule has 0 saturated heterocycles. The van der Waals surface area contributed by atoms with Crippen LogP contribution in [0.1, 0.15) is 19.4 Å². The second-order valence-electron chi connectivity index (χ2n) is 4.82. The number of rotatable bonds is 6. The zero-order valence-corrected chi connectivity index (χ0v) is 13.9. The maximum Gasteiger partial charge on any atom is 0.417 e. The van der Waals surface area contributed by atoms with Gasteiger partial charge in [-0.1, -0.05) is 12.1 Å². The van der Waals surface area contributed by atoms with Crippen LogP contribution in [0.4, 0.5) is 13.2 Å². The van der Waals surface area contributed by atoms with E-state index < -0.39 is 39.1 Å². The van der Waals surface area contributed by atoms with E-state index in [1.165, 1.54) is 11.0 Å². The van der Waals surface area contributed by atoms with E-state index in [1.54, 1.807) is 13.8 Å². The van der Waals surface area contributed by atoms with E-state index in [0.717, 1.165) is 19.2 Å². The summed E-state index contributed by atoms with van der Waals surface area (Å²) >= 11 is 0. The first-order chi connectivity index (χ1) is 10.6. The van der Waals surface area contributed by atoms with E-state index in [2.05, 4.69) is 0 Å². The highest BCUT2D eigenvalue weighted by molar-refractivity contribution is 7.89. The van der Waals surface area contributed by atoms with Crippen molar-refractivity contribution < 1.29 is 26.4 Å². The van der Waals surface area contributed by atoms with Crippen molar-refractivity contribution in [3.63, 3.8) is 0 Å². The fraction of sp³-hybridized carbons (Fsp3) is 0.500. The lowest BCUT2D eigenvalue weighted by Crippen LogP contribution is -2.41. The number of carbonyl (C=O) groups is 1. The quantitative estimate of drug-likeness (QED) is 0.789. The summed E-state index contributed by atoms with van der Waals surface area (Å²) in [5, 5.41) is 0. The second-order valence-corrected chi connectivity index (χ2v) is 6.83. The number of alkyl halides is 3. The Kier molecular flexibility index (Phi) is 6.18. The monoisotopic (exact) mass is 352 g/mol. The lowest BCUT2D eigenvalue weighted by Gasteiger charge is -2.24. The summed E-state index contributed by atoms with van der Waals surface area (Å²) < 4.78 is 64.4. The Morgan fingerprint density at radius 3 is 2.13 bits per heavy atom. The number of amides is 1. The third-order valence-electron chi connectivity index (χ3n) is 3.35. The number of halogens is 3. The fourth-order valence-corrected chi connectivity index (χ4v) is 3.37. The molecule has 5 nitrogen and oxygen atoms in total. The number of hydrogen-bond acceptors (Lipinski definition) is 3. The highest BCUT2D eigenvalue weighted by Gasteiger charge is 2.38. The SMILES string of the molecule is CCN(CC)C(=O)CN(C)S(=O)(=O)c1ccccc1C(F)(F)F. The van der Waals surface area contributed by atoms with Crippen LogP contribution in [0, 0.1) is 0 Å². The van der Waals surface area contributed by atoms with Crippen molar-refractivity contribution in [2.45, 2.75) is 24.9 Å². The average molecular weight is 352 g/mol. The first-order valence-corrected chi connectivity index (χ1v) is 8.40. The van der Waals surface area contributed by atoms with Gasteiger partial charge in [-0.3, -0.25) is 4.79 Å². The number of hydrogen-bond donors (Lipinski definition) is 0. The van der Waals surface area contributed by atoms with Gasteiger partial charge in [0.05, 0.1) is 17.0 Å². The highest BCUT2D eigenvalue weighted by atomic mass is 32.2. The molecular formula is C14H19F3N2O3S. The van der Waals surface area contributed by atoms with E-state index in [1.807, 2.05) is 0 Å². The van der Waals surface area contributed by atoms with Gasteiger partial charge in [-0.15, -0.1) is 0 Å². The minimum absolute atomic E-state index is 0.391. The molecule has 0 saturated carbocycles. The maximum absolute atomic E-state index is 13.0. The molecule has 0 fully saturated rings. The standard InChI is InChI=1S/C14H19F3N2O3S/c1-4-19(5-2)13(20)10-18(3)23(21,22)12-9-7-6-8-11(12)14(15,16)17/h6-9H,4-5,10H2,1-3H3. The van der Waals surface area contributed by atoms with Gasteiger partial charge >= 0.3 is 6.18 Å². The molecular weight excluding hydrogens is 333 g/mol. The van der Waals surface area contributed by atoms with Crippen LogP contribution in [-0.2, 0) is 21.0 Å². The number of sulfonamides is 1. The van der Waals surface area contributed by atoms with Crippen LogP contribution in [0.3, 0.4) is 0 Å². The topological polar surface area (TPSA) is 57.7 Å². The van der Waals surface area contributed by atoms with Gasteiger partial charge in [0.15, 0.2) is 0 Å². The molecule has 0 aliphatic heterocycles. The number of likely N-dealkylation sites (N-methyl/N-ethyl adjacent to an activating group) is 2. The second kappa shape index (κ2) is 7.31. The van der Waals surface area contributed by atoms with Gasteiger partial charge in [-0.05, 0) is 26.0 Å². The molecule has 1 aromatic carbocycles. The van der Waals surface area contributed by atoms with Gasteiger partial charge in [0.1, 0.15) is 0 Å². The van der Waals surface area contributed by atoms with Crippen molar-refractivity contribution in [1.29, 1.82) is 0 Å². The molecule has 130 valence electrons. The zero-order valence-electron chi connectivity index (χ0n) is 13.1. The van der Waals surface area contributed by atoms with Crippen LogP contribution >= 0.6 is 0 Å². The van der Waals surface area contributed by atoms with Crippen molar-refractivity contribution in [2.24, 2.45) is 0 Å². The summed E-state index contributed by atoms with van der Waals surface area (Å²) in [7, 11) is -3.34. The van der Waals surface area contributed by atoms with Crippen molar-refractivity contribution in [3.8, 4) is 0 Å².